The van der Waals surface area contributed by atoms with Crippen LogP contribution < -0.4 is 10.2 Å². The zero-order valence-electron chi connectivity index (χ0n) is 17.1. The fourth-order valence-corrected chi connectivity index (χ4v) is 4.01. The molecule has 0 unspecified atom stereocenters. The highest BCUT2D eigenvalue weighted by Crippen LogP contribution is 2.32. The number of rotatable bonds is 5. The van der Waals surface area contributed by atoms with E-state index in [-0.39, 0.29) is 5.91 Å². The van der Waals surface area contributed by atoms with E-state index in [4.69, 9.17) is 27.6 Å². The van der Waals surface area contributed by atoms with Crippen molar-refractivity contribution in [1.29, 1.82) is 0 Å². The van der Waals surface area contributed by atoms with Gasteiger partial charge in [-0.1, -0.05) is 35.3 Å². The number of benzene rings is 2. The number of anilines is 2. The van der Waals surface area contributed by atoms with Crippen molar-refractivity contribution in [3.8, 4) is 11.3 Å². The summed E-state index contributed by atoms with van der Waals surface area (Å²) < 4.78 is 5.81. The Hall–Kier alpha value is -2.73. The summed E-state index contributed by atoms with van der Waals surface area (Å²) in [6, 6.07) is 16.7. The first-order valence-corrected chi connectivity index (χ1v) is 10.8. The predicted octanol–water partition coefficient (Wildman–Crippen LogP) is 5.66. The second-order valence-corrected chi connectivity index (χ2v) is 8.30. The van der Waals surface area contributed by atoms with E-state index in [2.05, 4.69) is 22.2 Å². The Morgan fingerprint density at radius 2 is 1.81 bits per heavy atom. The van der Waals surface area contributed by atoms with Gasteiger partial charge in [0.25, 0.3) is 0 Å². The number of halogens is 2. The van der Waals surface area contributed by atoms with Gasteiger partial charge in [-0.2, -0.15) is 0 Å². The second kappa shape index (κ2) is 9.60. The van der Waals surface area contributed by atoms with E-state index in [0.29, 0.717) is 21.6 Å². The summed E-state index contributed by atoms with van der Waals surface area (Å²) in [6.07, 6.45) is 3.11. The van der Waals surface area contributed by atoms with Crippen molar-refractivity contribution in [2.24, 2.45) is 0 Å². The van der Waals surface area contributed by atoms with E-state index in [9.17, 15) is 4.79 Å². The summed E-state index contributed by atoms with van der Waals surface area (Å²) in [5.41, 5.74) is 2.58. The highest BCUT2D eigenvalue weighted by molar-refractivity contribution is 6.36. The van der Waals surface area contributed by atoms with Gasteiger partial charge in [-0.25, -0.2) is 0 Å². The highest BCUT2D eigenvalue weighted by Gasteiger charge is 2.17. The lowest BCUT2D eigenvalue weighted by Crippen LogP contribution is -2.44. The Labute approximate surface area is 191 Å². The third-order valence-corrected chi connectivity index (χ3v) is 5.78. The first kappa shape index (κ1) is 21.5. The molecule has 160 valence electrons. The molecule has 0 aliphatic carbocycles. The molecule has 1 aliphatic rings. The maximum absolute atomic E-state index is 12.5. The largest absolute Gasteiger partial charge is 0.457 e. The van der Waals surface area contributed by atoms with Gasteiger partial charge in [-0.3, -0.25) is 4.79 Å². The van der Waals surface area contributed by atoms with Crippen LogP contribution in [0.3, 0.4) is 0 Å². The molecule has 31 heavy (non-hydrogen) atoms. The van der Waals surface area contributed by atoms with Gasteiger partial charge in [0.1, 0.15) is 11.5 Å². The molecule has 2 heterocycles. The van der Waals surface area contributed by atoms with Crippen LogP contribution >= 0.6 is 23.2 Å². The first-order valence-electron chi connectivity index (χ1n) is 10.1. The fourth-order valence-electron chi connectivity index (χ4n) is 3.51. The molecular formula is C24H23Cl2N3O2. The van der Waals surface area contributed by atoms with Crippen molar-refractivity contribution < 1.29 is 9.21 Å². The maximum Gasteiger partial charge on any atom is 0.248 e. The fraction of sp³-hybridized carbons (Fsp3) is 0.208. The number of hydrogen-bond acceptors (Lipinski definition) is 4. The van der Waals surface area contributed by atoms with Crippen molar-refractivity contribution in [2.75, 3.05) is 43.4 Å². The van der Waals surface area contributed by atoms with Crippen molar-refractivity contribution in [3.63, 3.8) is 0 Å². The molecule has 1 aliphatic heterocycles. The van der Waals surface area contributed by atoms with Gasteiger partial charge in [0.2, 0.25) is 5.91 Å². The Kier molecular flexibility index (Phi) is 6.66. The van der Waals surface area contributed by atoms with Crippen molar-refractivity contribution in [1.82, 2.24) is 4.90 Å². The minimum atomic E-state index is -0.218. The lowest BCUT2D eigenvalue weighted by atomic mass is 10.2. The Morgan fingerprint density at radius 1 is 1.03 bits per heavy atom. The smallest absolute Gasteiger partial charge is 0.248 e. The van der Waals surface area contributed by atoms with Crippen molar-refractivity contribution in [3.05, 3.63) is 76.5 Å². The first-order chi connectivity index (χ1) is 15.0. The lowest BCUT2D eigenvalue weighted by Gasteiger charge is -2.35. The van der Waals surface area contributed by atoms with Crippen LogP contribution in [0.25, 0.3) is 17.4 Å². The van der Waals surface area contributed by atoms with Crippen LogP contribution in [0.5, 0.6) is 0 Å². The summed E-state index contributed by atoms with van der Waals surface area (Å²) in [7, 11) is 2.12. The number of hydrogen-bond donors (Lipinski definition) is 1. The molecule has 1 amide bonds. The quantitative estimate of drug-likeness (QED) is 0.504. The molecule has 2 aromatic carbocycles. The molecule has 1 saturated heterocycles. The van der Waals surface area contributed by atoms with Crippen LogP contribution in [-0.2, 0) is 4.79 Å². The van der Waals surface area contributed by atoms with Gasteiger partial charge in [0.15, 0.2) is 0 Å². The van der Waals surface area contributed by atoms with Gasteiger partial charge in [-0.05, 0) is 55.6 Å². The summed E-state index contributed by atoms with van der Waals surface area (Å²) in [6.45, 7) is 3.87. The lowest BCUT2D eigenvalue weighted by molar-refractivity contribution is -0.111. The molecule has 0 atom stereocenters. The minimum Gasteiger partial charge on any atom is -0.457 e. The van der Waals surface area contributed by atoms with Gasteiger partial charge in [0.05, 0.1) is 16.4 Å². The summed E-state index contributed by atoms with van der Waals surface area (Å²) >= 11 is 12.2. The molecule has 3 aromatic rings. The number of carbonyl (C=O) groups excluding carboxylic acids is 1. The molecular weight excluding hydrogens is 433 g/mol. The monoisotopic (exact) mass is 455 g/mol. The summed E-state index contributed by atoms with van der Waals surface area (Å²) in [5, 5.41) is 4.06. The molecule has 7 heteroatoms. The number of amides is 1. The number of nitrogens with zero attached hydrogens (tertiary/aromatic N) is 2. The van der Waals surface area contributed by atoms with Crippen LogP contribution in [0.15, 0.2) is 65.1 Å². The maximum atomic E-state index is 12.5. The molecule has 0 bridgehead atoms. The zero-order valence-corrected chi connectivity index (χ0v) is 18.7. The standard InChI is InChI=1S/C24H23Cl2N3O2/c1-28-12-14-29(15-13-28)22-5-3-2-4-21(22)27-24(30)11-8-18-7-10-23(31-18)19-9-6-17(25)16-20(19)26/h2-11,16H,12-15H2,1H3,(H,27,30)/b11-8+. The molecule has 5 nitrogen and oxygen atoms in total. The molecule has 1 fully saturated rings. The number of piperazine rings is 1. The third kappa shape index (κ3) is 5.31. The Morgan fingerprint density at radius 3 is 2.58 bits per heavy atom. The van der Waals surface area contributed by atoms with Crippen LogP contribution in [-0.4, -0.2) is 44.0 Å². The van der Waals surface area contributed by atoms with Gasteiger partial charge < -0.3 is 19.5 Å². The normalized spacial score (nSPS) is 14.9. The predicted molar refractivity (Wildman–Crippen MR) is 128 cm³/mol. The molecule has 0 saturated carbocycles. The van der Waals surface area contributed by atoms with Crippen LogP contribution in [0.2, 0.25) is 10.0 Å². The van der Waals surface area contributed by atoms with Crippen molar-refractivity contribution in [2.45, 2.75) is 0 Å². The number of para-hydroxylation sites is 2. The third-order valence-electron chi connectivity index (χ3n) is 5.23. The van der Waals surface area contributed by atoms with Crippen LogP contribution in [0.1, 0.15) is 5.76 Å². The van der Waals surface area contributed by atoms with E-state index < -0.39 is 0 Å². The zero-order chi connectivity index (χ0) is 21.8. The summed E-state index contributed by atoms with van der Waals surface area (Å²) in [4.78, 5) is 17.1. The average molecular weight is 456 g/mol. The molecule has 4 rings (SSSR count). The van der Waals surface area contributed by atoms with Gasteiger partial charge >= 0.3 is 0 Å². The van der Waals surface area contributed by atoms with Crippen LogP contribution in [0.4, 0.5) is 11.4 Å². The second-order valence-electron chi connectivity index (χ2n) is 7.46. The topological polar surface area (TPSA) is 48.7 Å². The average Bonchev–Trinajstić information content (AvgIpc) is 3.22. The summed E-state index contributed by atoms with van der Waals surface area (Å²) in [5.74, 6) is 0.953. The minimum absolute atomic E-state index is 0.218. The SMILES string of the molecule is CN1CCN(c2ccccc2NC(=O)/C=C/c2ccc(-c3ccc(Cl)cc3Cl)o2)CC1. The highest BCUT2D eigenvalue weighted by atomic mass is 35.5. The van der Waals surface area contributed by atoms with E-state index in [1.165, 1.54) is 6.08 Å². The van der Waals surface area contributed by atoms with E-state index in [1.54, 1.807) is 30.3 Å². The Balaban J connectivity index is 1.44. The molecule has 0 spiro atoms. The van der Waals surface area contributed by atoms with E-state index in [1.807, 2.05) is 30.3 Å². The van der Waals surface area contributed by atoms with Crippen molar-refractivity contribution >= 4 is 46.6 Å². The number of furan rings is 1. The van der Waals surface area contributed by atoms with E-state index in [0.717, 1.165) is 43.1 Å². The van der Waals surface area contributed by atoms with Gasteiger partial charge in [0, 0.05) is 42.8 Å². The van der Waals surface area contributed by atoms with E-state index >= 15 is 0 Å². The number of likely N-dealkylation sites (N-methyl/N-ethyl adjacent to an activating group) is 1. The molecule has 1 aromatic heterocycles. The Bertz CT molecular complexity index is 1100. The molecule has 1 N–H and O–H groups in total. The van der Waals surface area contributed by atoms with Gasteiger partial charge in [-0.15, -0.1) is 0 Å². The number of carbonyl (C=O) groups is 1. The number of nitrogens with one attached hydrogen (secondary N) is 1. The molecule has 0 radical (unpaired) electrons. The van der Waals surface area contributed by atoms with Crippen LogP contribution in [0, 0.1) is 0 Å².